The summed E-state index contributed by atoms with van der Waals surface area (Å²) in [4.78, 5) is 4.90. The zero-order valence-corrected chi connectivity index (χ0v) is 33.1. The third-order valence-electron chi connectivity index (χ3n) is 6.14. The second-order valence-electron chi connectivity index (χ2n) is 15.2. The molecule has 6 heteroatoms. The van der Waals surface area contributed by atoms with Crippen molar-refractivity contribution >= 4 is 28.4 Å². The van der Waals surface area contributed by atoms with Gasteiger partial charge < -0.3 is 9.75 Å². The number of para-hydroxylation sites is 1. The Labute approximate surface area is 256 Å². The van der Waals surface area contributed by atoms with E-state index < -0.39 is 16.5 Å². The largest absolute Gasteiger partial charge is 2.00 e. The quantitative estimate of drug-likeness (QED) is 0.235. The molecule has 0 spiro atoms. The Kier molecular flexibility index (Phi) is 13.8. The number of benzene rings is 2. The van der Waals surface area contributed by atoms with Crippen LogP contribution < -0.4 is 5.11 Å². The summed E-state index contributed by atoms with van der Waals surface area (Å²) in [6, 6.07) is 10.5. The molecule has 39 heavy (non-hydrogen) atoms. The Morgan fingerprint density at radius 2 is 1.21 bits per heavy atom. The molecule has 0 atom stereocenters. The van der Waals surface area contributed by atoms with Crippen molar-refractivity contribution < 1.29 is 24.6 Å². The Bertz CT molecular complexity index is 1060. The first-order valence-electron chi connectivity index (χ1n) is 14.2. The number of aliphatic imine (C=N–C) groups is 1. The first-order valence-corrected chi connectivity index (χ1v) is 21.1. The van der Waals surface area contributed by atoms with Crippen molar-refractivity contribution in [1.29, 1.82) is 0 Å². The zero-order valence-electron chi connectivity index (χ0n) is 28.1. The van der Waals surface area contributed by atoms with E-state index in [4.69, 9.17) is 9.64 Å². The topological polar surface area (TPSA) is 49.5 Å². The summed E-state index contributed by atoms with van der Waals surface area (Å²) in [5.74, 6) is 0.833. The maximum Gasteiger partial charge on any atom is 2.00 e. The molecule has 0 fully saturated rings. The minimum atomic E-state index is -1.11. The first-order chi connectivity index (χ1) is 16.9. The molecule has 0 aliphatic carbocycles. The van der Waals surface area contributed by atoms with E-state index in [-0.39, 0.29) is 36.1 Å². The third-order valence-corrected chi connectivity index (χ3v) is 11.5. The van der Waals surface area contributed by atoms with Crippen LogP contribution in [-0.4, -0.2) is 22.7 Å². The standard InChI is InChI=1S/C27H39NO.C6H18NSi2.Zn/c1-17(2)21-12-11-13-22(18(3)4)24(21)28-16-19-14-20(26(5,6)7)15-23(25(19)29)27(8,9)10;1-8(2,3)7-9(4,5)6;/h11-18,29H,1-10H3;1-6H3;/q;-1;+2/p-1. The summed E-state index contributed by atoms with van der Waals surface area (Å²) < 4.78 is 4.82. The Morgan fingerprint density at radius 3 is 1.51 bits per heavy atom. The van der Waals surface area contributed by atoms with Crippen molar-refractivity contribution in [3.8, 4) is 5.75 Å². The van der Waals surface area contributed by atoms with Gasteiger partial charge in [-0.1, -0.05) is 161 Å². The molecule has 2 aromatic carbocycles. The molecule has 0 radical (unpaired) electrons. The van der Waals surface area contributed by atoms with Crippen LogP contribution in [0.15, 0.2) is 35.3 Å². The summed E-state index contributed by atoms with van der Waals surface area (Å²) in [7, 11) is -2.21. The molecule has 0 aromatic heterocycles. The molecule has 214 valence electrons. The number of rotatable bonds is 6. The molecule has 0 N–H and O–H groups in total. The number of hydrogen-bond acceptors (Lipinski definition) is 2. The molecule has 0 aliphatic rings. The summed E-state index contributed by atoms with van der Waals surface area (Å²) in [5, 5.41) is 13.3. The number of nitrogens with zero attached hydrogens (tertiary/aromatic N) is 2. The van der Waals surface area contributed by atoms with E-state index in [1.807, 2.05) is 6.07 Å². The monoisotopic (exact) mass is 616 g/mol. The fraction of sp³-hybridized carbons (Fsp3) is 0.606. The van der Waals surface area contributed by atoms with E-state index in [1.165, 1.54) is 16.7 Å². The van der Waals surface area contributed by atoms with Crippen molar-refractivity contribution in [2.75, 3.05) is 0 Å². The van der Waals surface area contributed by atoms with E-state index in [2.05, 4.69) is 133 Å². The summed E-state index contributed by atoms with van der Waals surface area (Å²) in [6.45, 7) is 35.4. The molecule has 0 saturated heterocycles. The summed E-state index contributed by atoms with van der Waals surface area (Å²) >= 11 is 0. The van der Waals surface area contributed by atoms with Gasteiger partial charge in [-0.2, -0.15) is 0 Å². The normalized spacial score (nSPS) is 13.0. The van der Waals surface area contributed by atoms with E-state index in [0.29, 0.717) is 17.4 Å². The zero-order chi connectivity index (χ0) is 29.9. The second-order valence-corrected chi connectivity index (χ2v) is 24.8. The number of hydrogen-bond donors (Lipinski definition) is 0. The van der Waals surface area contributed by atoms with Crippen molar-refractivity contribution in [3.05, 3.63) is 62.8 Å². The van der Waals surface area contributed by atoms with Crippen LogP contribution in [0.25, 0.3) is 4.65 Å². The van der Waals surface area contributed by atoms with Crippen LogP contribution >= 0.6 is 0 Å². The molecule has 0 heterocycles. The van der Waals surface area contributed by atoms with Gasteiger partial charge in [-0.15, -0.1) is 0 Å². The maximum absolute atomic E-state index is 13.3. The average Bonchev–Trinajstić information content (AvgIpc) is 2.68. The maximum atomic E-state index is 13.3. The van der Waals surface area contributed by atoms with Crippen LogP contribution in [0.4, 0.5) is 5.69 Å². The SMILES string of the molecule is CC(C)c1cccc(C(C)C)c1N=Cc1cc(C(C)(C)C)cc(C(C)(C)C)c1[O-].C[Si](C)(C)[N-][Si](C)(C)C.[Zn+2]. The molecule has 2 rings (SSSR count). The predicted molar refractivity (Wildman–Crippen MR) is 175 cm³/mol. The van der Waals surface area contributed by atoms with E-state index >= 15 is 0 Å². The van der Waals surface area contributed by atoms with Gasteiger partial charge in [0.05, 0.1) is 5.69 Å². The molecule has 0 saturated carbocycles. The van der Waals surface area contributed by atoms with Crippen LogP contribution in [0.1, 0.15) is 109 Å². The van der Waals surface area contributed by atoms with Gasteiger partial charge in [-0.25, -0.2) is 0 Å². The van der Waals surface area contributed by atoms with E-state index in [1.54, 1.807) is 6.21 Å². The smallest absolute Gasteiger partial charge is 0.872 e. The minimum absolute atomic E-state index is 0. The molecule has 0 amide bonds. The molecular weight excluding hydrogens is 562 g/mol. The average molecular weight is 618 g/mol. The van der Waals surface area contributed by atoms with Crippen LogP contribution in [-0.2, 0) is 30.3 Å². The van der Waals surface area contributed by atoms with Crippen molar-refractivity contribution in [3.63, 3.8) is 0 Å². The van der Waals surface area contributed by atoms with Crippen molar-refractivity contribution in [1.82, 2.24) is 0 Å². The van der Waals surface area contributed by atoms with Gasteiger partial charge in [0.1, 0.15) is 0 Å². The van der Waals surface area contributed by atoms with Crippen molar-refractivity contribution in [2.24, 2.45) is 4.99 Å². The van der Waals surface area contributed by atoms with Crippen LogP contribution in [0.3, 0.4) is 0 Å². The van der Waals surface area contributed by atoms with Crippen LogP contribution in [0, 0.1) is 0 Å². The van der Waals surface area contributed by atoms with Gasteiger partial charge in [0.2, 0.25) is 0 Å². The van der Waals surface area contributed by atoms with Gasteiger partial charge in [0.25, 0.3) is 0 Å². The van der Waals surface area contributed by atoms with Gasteiger partial charge in [-0.05, 0) is 50.5 Å². The predicted octanol–water partition coefficient (Wildman–Crippen LogP) is 10.4. The molecule has 2 aromatic rings. The fourth-order valence-corrected chi connectivity index (χ4v) is 12.6. The van der Waals surface area contributed by atoms with Gasteiger partial charge in [0, 0.05) is 6.21 Å². The first kappa shape index (κ1) is 37.9. The fourth-order valence-electron chi connectivity index (χ4n) is 4.54. The Hall–Kier alpha value is -1.07. The van der Waals surface area contributed by atoms with Gasteiger partial charge in [0.15, 0.2) is 0 Å². The van der Waals surface area contributed by atoms with Gasteiger partial charge >= 0.3 is 19.5 Å². The van der Waals surface area contributed by atoms with Gasteiger partial charge in [-0.3, -0.25) is 4.99 Å². The van der Waals surface area contributed by atoms with E-state index in [0.717, 1.165) is 11.3 Å². The minimum Gasteiger partial charge on any atom is -0.872 e. The van der Waals surface area contributed by atoms with Crippen molar-refractivity contribution in [2.45, 2.75) is 131 Å². The second kappa shape index (κ2) is 14.2. The molecule has 0 aliphatic heterocycles. The molecule has 3 nitrogen and oxygen atoms in total. The Balaban J connectivity index is 0.00000124. The van der Waals surface area contributed by atoms with Crippen LogP contribution in [0.2, 0.25) is 39.3 Å². The summed E-state index contributed by atoms with van der Waals surface area (Å²) in [6.07, 6.45) is 1.79. The van der Waals surface area contributed by atoms with Crippen LogP contribution in [0.5, 0.6) is 5.75 Å². The Morgan fingerprint density at radius 1 is 0.769 bits per heavy atom. The molecule has 0 bridgehead atoms. The van der Waals surface area contributed by atoms with E-state index in [9.17, 15) is 5.11 Å². The molecular formula is C33H56N2OSi2Zn. The summed E-state index contributed by atoms with van der Waals surface area (Å²) in [5.41, 5.74) is 5.92. The third kappa shape index (κ3) is 12.5. The molecule has 0 unspecified atom stereocenters.